The molecule has 2 fully saturated rings. The monoisotopic (exact) mass is 513 g/mol. The van der Waals surface area contributed by atoms with Crippen molar-refractivity contribution in [1.82, 2.24) is 5.16 Å². The van der Waals surface area contributed by atoms with Crippen LogP contribution in [0.1, 0.15) is 76.7 Å². The number of aliphatic hydroxyl groups is 3. The second-order valence-corrected chi connectivity index (χ2v) is 13.4. The van der Waals surface area contributed by atoms with E-state index in [1.54, 1.807) is 26.0 Å². The number of ketones is 1. The Kier molecular flexibility index (Phi) is 5.60. The number of allylic oxidation sites excluding steroid dienone is 1. The first kappa shape index (κ1) is 26.3. The summed E-state index contributed by atoms with van der Waals surface area (Å²) in [6.07, 6.45) is 1.18. The second-order valence-electron chi connectivity index (χ2n) is 13.4. The highest BCUT2D eigenvalue weighted by Crippen LogP contribution is 2.71. The van der Waals surface area contributed by atoms with Gasteiger partial charge in [0.05, 0.1) is 12.0 Å². The molecule has 0 aromatic carbocycles. The predicted octanol–water partition coefficient (Wildman–Crippen LogP) is 3.27. The van der Waals surface area contributed by atoms with E-state index in [2.05, 4.69) is 19.0 Å². The first-order valence-electron chi connectivity index (χ1n) is 13.2. The number of hydrogen-bond donors (Lipinski definition) is 3. The molecular formula is C29H39NO7. The van der Waals surface area contributed by atoms with E-state index >= 15 is 0 Å². The van der Waals surface area contributed by atoms with Crippen LogP contribution in [0, 0.1) is 41.4 Å². The average molecular weight is 514 g/mol. The smallest absolute Gasteiger partial charge is 0.344 e. The summed E-state index contributed by atoms with van der Waals surface area (Å²) < 4.78 is 11.3. The minimum absolute atomic E-state index is 0.0565. The van der Waals surface area contributed by atoms with Crippen molar-refractivity contribution in [1.29, 1.82) is 0 Å². The Balaban J connectivity index is 1.63. The van der Waals surface area contributed by atoms with Crippen molar-refractivity contribution >= 4 is 11.8 Å². The summed E-state index contributed by atoms with van der Waals surface area (Å²) in [5.74, 6) is -1.19. The quantitative estimate of drug-likeness (QED) is 0.415. The molecule has 5 rings (SSSR count). The van der Waals surface area contributed by atoms with Gasteiger partial charge in [0, 0.05) is 11.3 Å². The molecule has 2 unspecified atom stereocenters. The van der Waals surface area contributed by atoms with Crippen molar-refractivity contribution in [2.45, 2.75) is 85.0 Å². The Morgan fingerprint density at radius 3 is 2.51 bits per heavy atom. The fourth-order valence-corrected chi connectivity index (χ4v) is 7.88. The predicted molar refractivity (Wildman–Crippen MR) is 134 cm³/mol. The standard InChI is InChI=1S/C29H39NO7/c1-13-11-28-14(2)9-18-20(27(18,7)8)17(23(28)33)10-16(12-31)22(32)29(28,35)24(13)36-25(34)19-15(3)37-30-21(19)26(4,5)6/h10-11,14,17-18,20,22,24,31-32,35H,9,12H2,1-8H3/t14?,17-,18+,20-,22+,24-,28?,29-/m0/s1. The average Bonchev–Trinajstić information content (AvgIpc) is 3.07. The molecule has 1 aromatic rings. The Morgan fingerprint density at radius 1 is 1.27 bits per heavy atom. The first-order valence-corrected chi connectivity index (χ1v) is 13.2. The number of hydrogen-bond acceptors (Lipinski definition) is 8. The highest BCUT2D eigenvalue weighted by atomic mass is 16.6. The maximum absolute atomic E-state index is 14.4. The van der Waals surface area contributed by atoms with Gasteiger partial charge in [0.2, 0.25) is 0 Å². The van der Waals surface area contributed by atoms with Crippen molar-refractivity contribution in [2.75, 3.05) is 6.61 Å². The zero-order valence-corrected chi connectivity index (χ0v) is 23.0. The number of rotatable bonds is 3. The van der Waals surface area contributed by atoms with Crippen LogP contribution in [0.2, 0.25) is 0 Å². The zero-order chi connectivity index (χ0) is 27.5. The maximum atomic E-state index is 14.4. The van der Waals surface area contributed by atoms with Gasteiger partial charge in [-0.2, -0.15) is 0 Å². The highest BCUT2D eigenvalue weighted by molar-refractivity contribution is 5.96. The number of Topliss-reactive ketones (excluding diaryl/α,β-unsaturated/α-hetero) is 1. The fourth-order valence-electron chi connectivity index (χ4n) is 7.88. The van der Waals surface area contributed by atoms with Crippen molar-refractivity contribution < 1.29 is 34.2 Å². The summed E-state index contributed by atoms with van der Waals surface area (Å²) in [5.41, 5.74) is -2.94. The molecular weight excluding hydrogens is 474 g/mol. The van der Waals surface area contributed by atoms with E-state index in [4.69, 9.17) is 9.26 Å². The third-order valence-corrected chi connectivity index (χ3v) is 9.90. The molecule has 8 atom stereocenters. The summed E-state index contributed by atoms with van der Waals surface area (Å²) in [6, 6.07) is 0. The molecule has 1 spiro atoms. The van der Waals surface area contributed by atoms with Crippen LogP contribution in [-0.2, 0) is 14.9 Å². The molecule has 0 saturated heterocycles. The lowest BCUT2D eigenvalue weighted by atomic mass is 9.59. The molecule has 202 valence electrons. The van der Waals surface area contributed by atoms with Crippen LogP contribution >= 0.6 is 0 Å². The number of aromatic nitrogens is 1. The Labute approximate surface area is 217 Å². The Hall–Kier alpha value is -2.29. The Morgan fingerprint density at radius 2 is 1.92 bits per heavy atom. The fraction of sp³-hybridized carbons (Fsp3) is 0.690. The SMILES string of the molecule is CC1=CC23C(=O)[C@@H](C=C(CO)[C@@H](O)[C@]2(O)[C@H]1OC(=O)c1c(C(C)(C)C)noc1C)[C@H]1[C@@H](CC3C)C1(C)C. The van der Waals surface area contributed by atoms with Crippen LogP contribution in [-0.4, -0.2) is 56.6 Å². The van der Waals surface area contributed by atoms with Crippen molar-refractivity contribution in [3.8, 4) is 0 Å². The molecule has 0 amide bonds. The molecule has 3 N–H and O–H groups in total. The van der Waals surface area contributed by atoms with Crippen molar-refractivity contribution in [2.24, 2.45) is 34.5 Å². The normalized spacial score (nSPS) is 40.1. The third-order valence-electron chi connectivity index (χ3n) is 9.90. The number of aliphatic hydroxyl groups excluding tert-OH is 2. The van der Waals surface area contributed by atoms with Gasteiger partial charge >= 0.3 is 5.97 Å². The molecule has 0 radical (unpaired) electrons. The minimum Gasteiger partial charge on any atom is -0.451 e. The van der Waals surface area contributed by atoms with Gasteiger partial charge < -0.3 is 24.6 Å². The summed E-state index contributed by atoms with van der Waals surface area (Å²) in [5, 5.41) is 38.5. The highest BCUT2D eigenvalue weighted by Gasteiger charge is 2.76. The summed E-state index contributed by atoms with van der Waals surface area (Å²) in [7, 11) is 0. The molecule has 0 aliphatic heterocycles. The molecule has 8 nitrogen and oxygen atoms in total. The molecule has 4 aliphatic carbocycles. The number of nitrogens with zero attached hydrogens (tertiary/aromatic N) is 1. The van der Waals surface area contributed by atoms with E-state index in [0.29, 0.717) is 17.7 Å². The lowest BCUT2D eigenvalue weighted by molar-refractivity contribution is -0.190. The van der Waals surface area contributed by atoms with Gasteiger partial charge in [0.25, 0.3) is 0 Å². The number of carbonyl (C=O) groups excluding carboxylic acids is 2. The van der Waals surface area contributed by atoms with Gasteiger partial charge in [-0.25, -0.2) is 4.79 Å². The van der Waals surface area contributed by atoms with Crippen LogP contribution in [0.3, 0.4) is 0 Å². The first-order chi connectivity index (χ1) is 17.0. The van der Waals surface area contributed by atoms with Crippen LogP contribution in [0.4, 0.5) is 0 Å². The lowest BCUT2D eigenvalue weighted by Crippen LogP contribution is -2.65. The van der Waals surface area contributed by atoms with Crippen molar-refractivity contribution in [3.05, 3.63) is 40.3 Å². The molecule has 1 heterocycles. The molecule has 1 aromatic heterocycles. The third kappa shape index (κ3) is 3.21. The van der Waals surface area contributed by atoms with Crippen LogP contribution < -0.4 is 0 Å². The van der Waals surface area contributed by atoms with Gasteiger partial charge in [-0.3, -0.25) is 4.79 Å². The maximum Gasteiger partial charge on any atom is 0.344 e. The number of carbonyl (C=O) groups is 2. The van der Waals surface area contributed by atoms with Crippen LogP contribution in [0.25, 0.3) is 0 Å². The van der Waals surface area contributed by atoms with E-state index in [1.165, 1.54) is 0 Å². The molecule has 2 saturated carbocycles. The molecule has 2 bridgehead atoms. The summed E-state index contributed by atoms with van der Waals surface area (Å²) in [6.45, 7) is 14.7. The number of ether oxygens (including phenoxy) is 1. The van der Waals surface area contributed by atoms with Gasteiger partial charge in [0.15, 0.2) is 17.5 Å². The van der Waals surface area contributed by atoms with E-state index in [9.17, 15) is 24.9 Å². The van der Waals surface area contributed by atoms with E-state index in [0.717, 1.165) is 0 Å². The Bertz CT molecular complexity index is 1230. The number of aryl methyl sites for hydroxylation is 1. The number of esters is 1. The zero-order valence-electron chi connectivity index (χ0n) is 23.0. The van der Waals surface area contributed by atoms with Gasteiger partial charge in [0.1, 0.15) is 23.1 Å². The second kappa shape index (κ2) is 7.87. The molecule has 8 heteroatoms. The van der Waals surface area contributed by atoms with E-state index in [1.807, 2.05) is 27.7 Å². The molecule has 4 aliphatic rings. The molecule has 37 heavy (non-hydrogen) atoms. The van der Waals surface area contributed by atoms with Gasteiger partial charge in [-0.1, -0.05) is 58.9 Å². The topological polar surface area (TPSA) is 130 Å². The van der Waals surface area contributed by atoms with E-state index in [-0.39, 0.29) is 45.8 Å². The van der Waals surface area contributed by atoms with Crippen LogP contribution in [0.5, 0.6) is 0 Å². The largest absolute Gasteiger partial charge is 0.451 e. The summed E-state index contributed by atoms with van der Waals surface area (Å²) in [4.78, 5) is 28.0. The lowest BCUT2D eigenvalue weighted by Gasteiger charge is -2.48. The van der Waals surface area contributed by atoms with Gasteiger partial charge in [-0.15, -0.1) is 0 Å². The van der Waals surface area contributed by atoms with Crippen LogP contribution in [0.15, 0.2) is 27.8 Å². The minimum atomic E-state index is -2.18. The van der Waals surface area contributed by atoms with E-state index < -0.39 is 47.1 Å². The van der Waals surface area contributed by atoms with Gasteiger partial charge in [-0.05, 0) is 54.6 Å². The van der Waals surface area contributed by atoms with Crippen molar-refractivity contribution in [3.63, 3.8) is 0 Å². The summed E-state index contributed by atoms with van der Waals surface area (Å²) >= 11 is 0. The number of fused-ring (bicyclic) bond motifs is 3.